The molecule has 98 valence electrons. The van der Waals surface area contributed by atoms with Gasteiger partial charge < -0.3 is 4.98 Å². The van der Waals surface area contributed by atoms with Crippen molar-refractivity contribution in [2.45, 2.75) is 26.7 Å². The Morgan fingerprint density at radius 2 is 1.95 bits per heavy atom. The minimum atomic E-state index is -0.108. The van der Waals surface area contributed by atoms with Gasteiger partial charge >= 0.3 is 0 Å². The van der Waals surface area contributed by atoms with Gasteiger partial charge in [-0.15, -0.1) is 0 Å². The molecule has 0 aliphatic heterocycles. The van der Waals surface area contributed by atoms with Crippen LogP contribution in [0.25, 0.3) is 12.2 Å². The Labute approximate surface area is 113 Å². The van der Waals surface area contributed by atoms with Crippen molar-refractivity contribution in [3.8, 4) is 0 Å². The van der Waals surface area contributed by atoms with Gasteiger partial charge in [0, 0.05) is 12.0 Å². The van der Waals surface area contributed by atoms with Crippen molar-refractivity contribution in [3.63, 3.8) is 0 Å². The third-order valence-corrected chi connectivity index (χ3v) is 2.95. The second kappa shape index (κ2) is 5.65. The maximum Gasteiger partial charge on any atom is 0.251 e. The highest BCUT2D eigenvalue weighted by atomic mass is 16.1. The number of benzene rings is 1. The summed E-state index contributed by atoms with van der Waals surface area (Å²) in [4.78, 5) is 18.8. The summed E-state index contributed by atoms with van der Waals surface area (Å²) in [5, 5.41) is 0. The third-order valence-electron chi connectivity index (χ3n) is 2.95. The summed E-state index contributed by atoms with van der Waals surface area (Å²) in [5.41, 5.74) is 2.92. The Morgan fingerprint density at radius 1 is 1.21 bits per heavy atom. The van der Waals surface area contributed by atoms with Crippen LogP contribution >= 0.6 is 0 Å². The Balaban J connectivity index is 2.34. The topological polar surface area (TPSA) is 45.8 Å². The largest absolute Gasteiger partial charge is 0.310 e. The summed E-state index contributed by atoms with van der Waals surface area (Å²) in [6, 6.07) is 9.62. The van der Waals surface area contributed by atoms with Crippen LogP contribution in [0.15, 0.2) is 35.1 Å². The molecule has 0 bridgehead atoms. The lowest BCUT2D eigenvalue weighted by Crippen LogP contribution is -2.12. The number of aromatic amines is 1. The SMILES string of the molecule is Cc1ccccc1/C=C/c1cc(=O)[nH]c(C(C)C)n1. The van der Waals surface area contributed by atoms with Crippen molar-refractivity contribution in [2.24, 2.45) is 0 Å². The molecule has 0 saturated carbocycles. The van der Waals surface area contributed by atoms with Crippen molar-refractivity contribution in [1.29, 1.82) is 0 Å². The smallest absolute Gasteiger partial charge is 0.251 e. The minimum absolute atomic E-state index is 0.108. The van der Waals surface area contributed by atoms with E-state index < -0.39 is 0 Å². The standard InChI is InChI=1S/C16H18N2O/c1-11(2)16-17-14(10-15(19)18-16)9-8-13-7-5-4-6-12(13)3/h4-11H,1-3H3,(H,17,18,19)/b9-8+. The number of H-pyrrole nitrogens is 1. The monoisotopic (exact) mass is 254 g/mol. The maximum atomic E-state index is 11.6. The second-order valence-corrected chi connectivity index (χ2v) is 4.90. The van der Waals surface area contributed by atoms with Crippen LogP contribution in [0, 0.1) is 6.92 Å². The van der Waals surface area contributed by atoms with Gasteiger partial charge in [0.1, 0.15) is 5.82 Å². The first-order valence-electron chi connectivity index (χ1n) is 6.41. The molecular formula is C16H18N2O. The summed E-state index contributed by atoms with van der Waals surface area (Å²) >= 11 is 0. The van der Waals surface area contributed by atoms with Gasteiger partial charge in [-0.05, 0) is 24.1 Å². The molecule has 0 aliphatic rings. The summed E-state index contributed by atoms with van der Waals surface area (Å²) in [5.74, 6) is 0.927. The minimum Gasteiger partial charge on any atom is -0.310 e. The van der Waals surface area contributed by atoms with Crippen molar-refractivity contribution >= 4 is 12.2 Å². The van der Waals surface area contributed by atoms with E-state index in [1.807, 2.05) is 44.2 Å². The number of aryl methyl sites for hydroxylation is 1. The van der Waals surface area contributed by atoms with E-state index in [4.69, 9.17) is 0 Å². The van der Waals surface area contributed by atoms with Crippen LogP contribution in [0.3, 0.4) is 0 Å². The number of nitrogens with one attached hydrogen (secondary N) is 1. The zero-order valence-electron chi connectivity index (χ0n) is 11.5. The van der Waals surface area contributed by atoms with Crippen LogP contribution in [0.1, 0.15) is 42.4 Å². The summed E-state index contributed by atoms with van der Waals surface area (Å²) in [6.45, 7) is 6.07. The van der Waals surface area contributed by atoms with Crippen LogP contribution in [-0.4, -0.2) is 9.97 Å². The van der Waals surface area contributed by atoms with Gasteiger partial charge in [-0.2, -0.15) is 0 Å². The molecule has 19 heavy (non-hydrogen) atoms. The van der Waals surface area contributed by atoms with Gasteiger partial charge in [0.2, 0.25) is 0 Å². The van der Waals surface area contributed by atoms with E-state index in [2.05, 4.69) is 23.0 Å². The van der Waals surface area contributed by atoms with Crippen LogP contribution in [0.5, 0.6) is 0 Å². The van der Waals surface area contributed by atoms with Gasteiger partial charge in [-0.25, -0.2) is 4.98 Å². The van der Waals surface area contributed by atoms with Crippen molar-refractivity contribution < 1.29 is 0 Å². The molecule has 2 aromatic rings. The molecule has 0 aliphatic carbocycles. The van der Waals surface area contributed by atoms with Crippen molar-refractivity contribution in [2.75, 3.05) is 0 Å². The quantitative estimate of drug-likeness (QED) is 0.912. The van der Waals surface area contributed by atoms with E-state index in [0.29, 0.717) is 5.69 Å². The highest BCUT2D eigenvalue weighted by Crippen LogP contribution is 2.12. The molecule has 1 aromatic heterocycles. The van der Waals surface area contributed by atoms with E-state index in [-0.39, 0.29) is 11.5 Å². The zero-order chi connectivity index (χ0) is 13.8. The zero-order valence-corrected chi connectivity index (χ0v) is 11.5. The van der Waals surface area contributed by atoms with E-state index in [0.717, 1.165) is 11.4 Å². The molecule has 0 unspecified atom stereocenters. The van der Waals surface area contributed by atoms with Gasteiger partial charge in [0.15, 0.2) is 0 Å². The first-order valence-corrected chi connectivity index (χ1v) is 6.41. The molecule has 0 amide bonds. The Bertz CT molecular complexity index is 654. The van der Waals surface area contributed by atoms with Crippen molar-refractivity contribution in [1.82, 2.24) is 9.97 Å². The third kappa shape index (κ3) is 3.41. The fourth-order valence-electron chi connectivity index (χ4n) is 1.80. The summed E-state index contributed by atoms with van der Waals surface area (Å²) in [6.07, 6.45) is 3.87. The number of hydrogen-bond acceptors (Lipinski definition) is 2. The fraction of sp³-hybridized carbons (Fsp3) is 0.250. The number of aromatic nitrogens is 2. The second-order valence-electron chi connectivity index (χ2n) is 4.90. The van der Waals surface area contributed by atoms with Crippen LogP contribution in [-0.2, 0) is 0 Å². The Kier molecular flexibility index (Phi) is 3.95. The van der Waals surface area contributed by atoms with Crippen LogP contribution in [0.2, 0.25) is 0 Å². The van der Waals surface area contributed by atoms with Gasteiger partial charge in [0.05, 0.1) is 5.69 Å². The highest BCUT2D eigenvalue weighted by Gasteiger charge is 2.03. The average Bonchev–Trinajstić information content (AvgIpc) is 2.37. The van der Waals surface area contributed by atoms with Gasteiger partial charge in [-0.1, -0.05) is 44.2 Å². The number of rotatable bonds is 3. The first kappa shape index (κ1) is 13.3. The van der Waals surface area contributed by atoms with E-state index >= 15 is 0 Å². The summed E-state index contributed by atoms with van der Waals surface area (Å²) in [7, 11) is 0. The molecule has 3 nitrogen and oxygen atoms in total. The maximum absolute atomic E-state index is 11.6. The lowest BCUT2D eigenvalue weighted by atomic mass is 10.1. The lowest BCUT2D eigenvalue weighted by molar-refractivity contribution is 0.764. The first-order chi connectivity index (χ1) is 9.06. The number of hydrogen-bond donors (Lipinski definition) is 1. The average molecular weight is 254 g/mol. The normalized spacial score (nSPS) is 11.4. The molecule has 1 N–H and O–H groups in total. The van der Waals surface area contributed by atoms with Gasteiger partial charge in [-0.3, -0.25) is 4.79 Å². The molecule has 2 rings (SSSR count). The van der Waals surface area contributed by atoms with E-state index in [9.17, 15) is 4.79 Å². The summed E-state index contributed by atoms with van der Waals surface area (Å²) < 4.78 is 0. The highest BCUT2D eigenvalue weighted by molar-refractivity contribution is 5.69. The van der Waals surface area contributed by atoms with Crippen molar-refractivity contribution in [3.05, 3.63) is 63.3 Å². The number of nitrogens with zero attached hydrogens (tertiary/aromatic N) is 1. The van der Waals surface area contributed by atoms with Crippen LogP contribution < -0.4 is 5.56 Å². The molecular weight excluding hydrogens is 236 g/mol. The van der Waals surface area contributed by atoms with Gasteiger partial charge in [0.25, 0.3) is 5.56 Å². The molecule has 1 aromatic carbocycles. The molecule has 0 atom stereocenters. The van der Waals surface area contributed by atoms with E-state index in [1.165, 1.54) is 11.6 Å². The molecule has 0 saturated heterocycles. The molecule has 0 spiro atoms. The molecule has 0 radical (unpaired) electrons. The Hall–Kier alpha value is -2.16. The molecule has 1 heterocycles. The predicted molar refractivity (Wildman–Crippen MR) is 79.1 cm³/mol. The fourth-order valence-corrected chi connectivity index (χ4v) is 1.80. The Morgan fingerprint density at radius 3 is 2.63 bits per heavy atom. The molecule has 3 heteroatoms. The van der Waals surface area contributed by atoms with E-state index in [1.54, 1.807) is 0 Å². The lowest BCUT2D eigenvalue weighted by Gasteiger charge is -2.04. The predicted octanol–water partition coefficient (Wildman–Crippen LogP) is 3.37. The molecule has 0 fully saturated rings. The van der Waals surface area contributed by atoms with Crippen LogP contribution in [0.4, 0.5) is 0 Å².